The van der Waals surface area contributed by atoms with Gasteiger partial charge in [0.25, 0.3) is 0 Å². The van der Waals surface area contributed by atoms with E-state index in [0.29, 0.717) is 5.82 Å². The molecule has 6 nitrogen and oxygen atoms in total. The Morgan fingerprint density at radius 2 is 2.14 bits per heavy atom. The third-order valence-electron chi connectivity index (χ3n) is 1.72. The Labute approximate surface area is 81.7 Å². The average Bonchev–Trinajstić information content (AvgIpc) is 2.26. The summed E-state index contributed by atoms with van der Waals surface area (Å²) in [5.74, 6) is 5.69. The van der Waals surface area contributed by atoms with E-state index in [2.05, 4.69) is 15.7 Å². The summed E-state index contributed by atoms with van der Waals surface area (Å²) in [5, 5.41) is 20.6. The number of aliphatic hydroxyl groups excluding tert-OH is 2. The number of hydrogen-bond donors (Lipinski definition) is 5. The van der Waals surface area contributed by atoms with E-state index in [1.54, 1.807) is 18.3 Å². The molecule has 0 unspecified atom stereocenters. The van der Waals surface area contributed by atoms with Gasteiger partial charge in [-0.1, -0.05) is 0 Å². The maximum atomic E-state index is 8.84. The van der Waals surface area contributed by atoms with Crippen LogP contribution in [0.1, 0.15) is 0 Å². The van der Waals surface area contributed by atoms with E-state index < -0.39 is 0 Å². The molecule has 78 valence electrons. The molecular weight excluding hydrogens is 184 g/mol. The van der Waals surface area contributed by atoms with Crippen molar-refractivity contribution in [1.82, 2.24) is 4.98 Å². The first kappa shape index (κ1) is 10.7. The number of nitrogens with zero attached hydrogens (tertiary/aromatic N) is 1. The Bertz CT molecular complexity index is 278. The quantitative estimate of drug-likeness (QED) is 0.311. The van der Waals surface area contributed by atoms with E-state index in [1.807, 2.05) is 0 Å². The highest BCUT2D eigenvalue weighted by molar-refractivity contribution is 5.51. The predicted molar refractivity (Wildman–Crippen MR) is 53.6 cm³/mol. The van der Waals surface area contributed by atoms with Gasteiger partial charge in [-0.05, 0) is 6.07 Å². The number of nitrogens with one attached hydrogen (secondary N) is 2. The summed E-state index contributed by atoms with van der Waals surface area (Å²) in [6, 6.07) is 3.03. The SMILES string of the molecule is NNc1cc(NC(CO)CO)ccn1. The lowest BCUT2D eigenvalue weighted by Gasteiger charge is -2.14. The van der Waals surface area contributed by atoms with Gasteiger partial charge in [0, 0.05) is 18.0 Å². The number of nitrogen functional groups attached to an aromatic ring is 1. The van der Waals surface area contributed by atoms with E-state index in [9.17, 15) is 0 Å². The Hall–Kier alpha value is -1.37. The van der Waals surface area contributed by atoms with E-state index in [1.165, 1.54) is 0 Å². The summed E-state index contributed by atoms with van der Waals surface area (Å²) >= 11 is 0. The van der Waals surface area contributed by atoms with Gasteiger partial charge in [-0.2, -0.15) is 0 Å². The van der Waals surface area contributed by atoms with Crippen LogP contribution in [0.2, 0.25) is 0 Å². The van der Waals surface area contributed by atoms with Crippen LogP contribution < -0.4 is 16.6 Å². The van der Waals surface area contributed by atoms with Crippen molar-refractivity contribution in [2.45, 2.75) is 6.04 Å². The van der Waals surface area contributed by atoms with Crippen LogP contribution in [0.15, 0.2) is 18.3 Å². The molecule has 1 rings (SSSR count). The molecule has 0 aromatic carbocycles. The van der Waals surface area contributed by atoms with Gasteiger partial charge in [0.15, 0.2) is 0 Å². The highest BCUT2D eigenvalue weighted by atomic mass is 16.3. The van der Waals surface area contributed by atoms with E-state index in [-0.39, 0.29) is 19.3 Å². The van der Waals surface area contributed by atoms with Crippen LogP contribution in [0, 0.1) is 0 Å². The first-order valence-corrected chi connectivity index (χ1v) is 4.21. The predicted octanol–water partition coefficient (Wildman–Crippen LogP) is -0.868. The minimum absolute atomic E-state index is 0.135. The molecule has 0 aliphatic heterocycles. The van der Waals surface area contributed by atoms with Crippen molar-refractivity contribution in [3.63, 3.8) is 0 Å². The number of hydrazine groups is 1. The zero-order valence-electron chi connectivity index (χ0n) is 7.64. The van der Waals surface area contributed by atoms with Gasteiger partial charge in [0.2, 0.25) is 0 Å². The van der Waals surface area contributed by atoms with Gasteiger partial charge < -0.3 is 21.0 Å². The minimum atomic E-state index is -0.372. The zero-order chi connectivity index (χ0) is 10.4. The normalized spacial score (nSPS) is 10.3. The maximum Gasteiger partial charge on any atom is 0.141 e. The van der Waals surface area contributed by atoms with Crippen LogP contribution in [-0.2, 0) is 0 Å². The molecule has 6 heteroatoms. The lowest BCUT2D eigenvalue weighted by atomic mass is 10.3. The monoisotopic (exact) mass is 198 g/mol. The van der Waals surface area contributed by atoms with Crippen LogP contribution >= 0.6 is 0 Å². The molecule has 14 heavy (non-hydrogen) atoms. The molecule has 0 fully saturated rings. The highest BCUT2D eigenvalue weighted by Gasteiger charge is 2.05. The molecule has 0 bridgehead atoms. The summed E-state index contributed by atoms with van der Waals surface area (Å²) < 4.78 is 0. The molecule has 1 heterocycles. The summed E-state index contributed by atoms with van der Waals surface area (Å²) in [7, 11) is 0. The molecule has 0 radical (unpaired) electrons. The Morgan fingerprint density at radius 1 is 1.43 bits per heavy atom. The first-order valence-electron chi connectivity index (χ1n) is 4.21. The van der Waals surface area contributed by atoms with Crippen LogP contribution in [0.25, 0.3) is 0 Å². The standard InChI is InChI=1S/C8H14N4O2/c9-12-8-3-6(1-2-10-8)11-7(4-13)5-14/h1-3,7,13-14H,4-5,9H2,(H2,10,11,12). The van der Waals surface area contributed by atoms with Crippen molar-refractivity contribution >= 4 is 11.5 Å². The van der Waals surface area contributed by atoms with E-state index >= 15 is 0 Å². The summed E-state index contributed by atoms with van der Waals surface area (Å²) in [6.45, 7) is -0.269. The summed E-state index contributed by atoms with van der Waals surface area (Å²) in [6.07, 6.45) is 1.57. The summed E-state index contributed by atoms with van der Waals surface area (Å²) in [4.78, 5) is 3.92. The fraction of sp³-hybridized carbons (Fsp3) is 0.375. The minimum Gasteiger partial charge on any atom is -0.394 e. The Kier molecular flexibility index (Phi) is 4.11. The van der Waals surface area contributed by atoms with Crippen molar-refractivity contribution in [2.24, 2.45) is 5.84 Å². The van der Waals surface area contributed by atoms with E-state index in [0.717, 1.165) is 5.69 Å². The number of aliphatic hydroxyl groups is 2. The molecule has 0 saturated heterocycles. The fourth-order valence-electron chi connectivity index (χ4n) is 0.984. The average molecular weight is 198 g/mol. The third kappa shape index (κ3) is 2.84. The zero-order valence-corrected chi connectivity index (χ0v) is 7.64. The molecule has 1 aromatic rings. The van der Waals surface area contributed by atoms with Crippen LogP contribution in [0.5, 0.6) is 0 Å². The molecule has 6 N–H and O–H groups in total. The van der Waals surface area contributed by atoms with Crippen LogP contribution in [0.3, 0.4) is 0 Å². The van der Waals surface area contributed by atoms with Gasteiger partial charge in [-0.15, -0.1) is 0 Å². The second-order valence-corrected chi connectivity index (χ2v) is 2.78. The van der Waals surface area contributed by atoms with Gasteiger partial charge >= 0.3 is 0 Å². The molecule has 0 spiro atoms. The number of pyridine rings is 1. The Morgan fingerprint density at radius 3 is 2.71 bits per heavy atom. The number of rotatable bonds is 5. The molecule has 0 aliphatic carbocycles. The lowest BCUT2D eigenvalue weighted by Crippen LogP contribution is -2.27. The van der Waals surface area contributed by atoms with Crippen molar-refractivity contribution in [3.8, 4) is 0 Å². The maximum absolute atomic E-state index is 8.84. The molecule has 0 aliphatic rings. The molecular formula is C8H14N4O2. The number of anilines is 2. The van der Waals surface area contributed by atoms with Gasteiger partial charge in [0.1, 0.15) is 5.82 Å². The fourth-order valence-corrected chi connectivity index (χ4v) is 0.984. The number of nitrogens with two attached hydrogens (primary N) is 1. The highest BCUT2D eigenvalue weighted by Crippen LogP contribution is 2.11. The van der Waals surface area contributed by atoms with Crippen molar-refractivity contribution in [1.29, 1.82) is 0 Å². The molecule has 0 amide bonds. The molecule has 0 atom stereocenters. The number of aromatic nitrogens is 1. The molecule has 1 aromatic heterocycles. The van der Waals surface area contributed by atoms with Crippen molar-refractivity contribution < 1.29 is 10.2 Å². The van der Waals surface area contributed by atoms with E-state index in [4.69, 9.17) is 16.1 Å². The van der Waals surface area contributed by atoms with Crippen molar-refractivity contribution in [3.05, 3.63) is 18.3 Å². The second-order valence-electron chi connectivity index (χ2n) is 2.78. The van der Waals surface area contributed by atoms with Gasteiger partial charge in [-0.3, -0.25) is 0 Å². The lowest BCUT2D eigenvalue weighted by molar-refractivity contribution is 0.204. The molecule has 0 saturated carbocycles. The van der Waals surface area contributed by atoms with Crippen molar-refractivity contribution in [2.75, 3.05) is 24.0 Å². The smallest absolute Gasteiger partial charge is 0.141 e. The summed E-state index contributed by atoms with van der Waals surface area (Å²) in [5.41, 5.74) is 3.14. The topological polar surface area (TPSA) is 103 Å². The second kappa shape index (κ2) is 5.38. The van der Waals surface area contributed by atoms with Crippen LogP contribution in [0.4, 0.5) is 11.5 Å². The Balaban J connectivity index is 2.65. The largest absolute Gasteiger partial charge is 0.394 e. The number of hydrogen-bond acceptors (Lipinski definition) is 6. The third-order valence-corrected chi connectivity index (χ3v) is 1.72. The first-order chi connectivity index (χ1) is 6.80. The van der Waals surface area contributed by atoms with Gasteiger partial charge in [0.05, 0.1) is 19.3 Å². The van der Waals surface area contributed by atoms with Crippen LogP contribution in [-0.4, -0.2) is 34.5 Å². The van der Waals surface area contributed by atoms with Gasteiger partial charge in [-0.25, -0.2) is 10.8 Å².